The molecule has 0 aliphatic heterocycles. The Kier molecular flexibility index (Phi) is 46.4. The number of aliphatic hydroxyl groups is 1. The average molecular weight is 935 g/mol. The van der Waals surface area contributed by atoms with Gasteiger partial charge in [0.05, 0.1) is 39.9 Å². The number of quaternary nitrogens is 1. The highest BCUT2D eigenvalue weighted by atomic mass is 31.2. The standard InChI is InChI=1S/C56H107N2O6P/c1-6-8-10-12-14-16-18-20-22-23-24-25-26-27-28-29-30-31-32-33-34-36-37-39-41-43-45-47-49-55(59)54(53-64-65(61,62)63-52-51-58(3,4)5)57-56(60)50-48-46-44-42-40-38-35-21-19-17-15-13-11-9-7-2/h21,33-35,39,41,47,49,54-55,59H,6-20,22-32,36-38,40,42-46,48,50-53H2,1-5H3,(H-,57,60,61,62)/b34-33+,35-21-,41-39+,49-47+. The van der Waals surface area contributed by atoms with E-state index in [1.54, 1.807) is 6.08 Å². The minimum atomic E-state index is -4.61. The number of amides is 1. The summed E-state index contributed by atoms with van der Waals surface area (Å²) in [4.78, 5) is 25.4. The van der Waals surface area contributed by atoms with Gasteiger partial charge in [-0.25, -0.2) is 0 Å². The average Bonchev–Trinajstić information content (AvgIpc) is 3.26. The number of allylic oxidation sites excluding steroid dienone is 7. The lowest BCUT2D eigenvalue weighted by Gasteiger charge is -2.29. The highest BCUT2D eigenvalue weighted by Crippen LogP contribution is 2.38. The number of carbonyl (C=O) groups excluding carboxylic acids is 1. The summed E-state index contributed by atoms with van der Waals surface area (Å²) in [6.45, 7) is 4.62. The Labute approximate surface area is 403 Å². The van der Waals surface area contributed by atoms with Gasteiger partial charge < -0.3 is 28.8 Å². The summed E-state index contributed by atoms with van der Waals surface area (Å²) in [5.74, 6) is -0.220. The number of nitrogens with zero attached hydrogens (tertiary/aromatic N) is 1. The van der Waals surface area contributed by atoms with Crippen molar-refractivity contribution in [1.29, 1.82) is 0 Å². The van der Waals surface area contributed by atoms with Crippen molar-refractivity contribution >= 4 is 13.7 Å². The lowest BCUT2D eigenvalue weighted by molar-refractivity contribution is -0.870. The molecular weight excluding hydrogens is 828 g/mol. The molecule has 0 saturated carbocycles. The van der Waals surface area contributed by atoms with Gasteiger partial charge in [0, 0.05) is 6.42 Å². The number of unbranched alkanes of at least 4 members (excludes halogenated alkanes) is 31. The van der Waals surface area contributed by atoms with Crippen molar-refractivity contribution < 1.29 is 32.9 Å². The molecule has 0 aromatic carbocycles. The van der Waals surface area contributed by atoms with Crippen molar-refractivity contribution in [3.8, 4) is 0 Å². The van der Waals surface area contributed by atoms with E-state index in [1.807, 2.05) is 27.2 Å². The second-order valence-corrected chi connectivity index (χ2v) is 21.3. The second kappa shape index (κ2) is 47.5. The molecule has 0 radical (unpaired) electrons. The van der Waals surface area contributed by atoms with Crippen LogP contribution in [0.15, 0.2) is 48.6 Å². The topological polar surface area (TPSA) is 108 Å². The predicted molar refractivity (Wildman–Crippen MR) is 279 cm³/mol. The Hall–Kier alpha value is -1.54. The van der Waals surface area contributed by atoms with E-state index in [9.17, 15) is 19.4 Å². The van der Waals surface area contributed by atoms with Crippen molar-refractivity contribution in [3.05, 3.63) is 48.6 Å². The summed E-state index contributed by atoms with van der Waals surface area (Å²) < 4.78 is 23.3. The molecule has 0 fully saturated rings. The SMILES string of the molecule is CCCCCCCC/C=C\CCCCCCCC(=O)NC(COP(=O)([O-])OCC[N+](C)(C)C)C(O)/C=C/CC/C=C/CC/C=C/CCCCCCCCCCCCCCCCCCCC. The van der Waals surface area contributed by atoms with Crippen LogP contribution in [0.25, 0.3) is 0 Å². The molecule has 0 bridgehead atoms. The summed E-state index contributed by atoms with van der Waals surface area (Å²) in [5, 5.41) is 13.8. The highest BCUT2D eigenvalue weighted by molar-refractivity contribution is 7.45. The smallest absolute Gasteiger partial charge is 0.268 e. The van der Waals surface area contributed by atoms with Crippen LogP contribution in [0.1, 0.15) is 251 Å². The number of phosphoric acid groups is 1. The van der Waals surface area contributed by atoms with Crippen molar-refractivity contribution in [2.24, 2.45) is 0 Å². The fraction of sp³-hybridized carbons (Fsp3) is 0.839. The Morgan fingerprint density at radius 3 is 1.25 bits per heavy atom. The Bertz CT molecular complexity index is 1200. The molecule has 3 unspecified atom stereocenters. The van der Waals surface area contributed by atoms with Gasteiger partial charge in [0.2, 0.25) is 5.91 Å². The second-order valence-electron chi connectivity index (χ2n) is 19.9. The maximum Gasteiger partial charge on any atom is 0.268 e. The van der Waals surface area contributed by atoms with Crippen LogP contribution in [0.4, 0.5) is 0 Å². The van der Waals surface area contributed by atoms with Crippen LogP contribution in [0.5, 0.6) is 0 Å². The number of rotatable bonds is 50. The van der Waals surface area contributed by atoms with E-state index in [1.165, 1.54) is 167 Å². The number of aliphatic hydroxyl groups excluding tert-OH is 1. The maximum absolute atomic E-state index is 12.9. The van der Waals surface area contributed by atoms with E-state index in [4.69, 9.17) is 9.05 Å². The van der Waals surface area contributed by atoms with E-state index in [0.717, 1.165) is 64.2 Å². The van der Waals surface area contributed by atoms with Gasteiger partial charge >= 0.3 is 0 Å². The van der Waals surface area contributed by atoms with Crippen LogP contribution in [-0.4, -0.2) is 68.5 Å². The molecule has 0 aliphatic rings. The molecule has 0 aromatic rings. The molecule has 382 valence electrons. The van der Waals surface area contributed by atoms with Crippen LogP contribution >= 0.6 is 7.82 Å². The molecule has 0 saturated heterocycles. The van der Waals surface area contributed by atoms with Crippen LogP contribution in [0.2, 0.25) is 0 Å². The number of carbonyl (C=O) groups is 1. The molecule has 3 atom stereocenters. The van der Waals surface area contributed by atoms with Gasteiger partial charge in [0.15, 0.2) is 0 Å². The summed E-state index contributed by atoms with van der Waals surface area (Å²) in [7, 11) is 1.23. The minimum absolute atomic E-state index is 0.0112. The normalized spacial score (nSPS) is 14.4. The van der Waals surface area contributed by atoms with Gasteiger partial charge in [-0.05, 0) is 70.6 Å². The van der Waals surface area contributed by atoms with Crippen LogP contribution in [-0.2, 0) is 18.4 Å². The highest BCUT2D eigenvalue weighted by Gasteiger charge is 2.23. The quantitative estimate of drug-likeness (QED) is 0.0272. The van der Waals surface area contributed by atoms with Crippen molar-refractivity contribution in [3.63, 3.8) is 0 Å². The molecule has 0 aromatic heterocycles. The molecule has 0 aliphatic carbocycles. The molecule has 0 rings (SSSR count). The lowest BCUT2D eigenvalue weighted by Crippen LogP contribution is -2.45. The molecular formula is C56H107N2O6P. The first-order chi connectivity index (χ1) is 31.5. The molecule has 65 heavy (non-hydrogen) atoms. The molecule has 0 spiro atoms. The van der Waals surface area contributed by atoms with Crippen molar-refractivity contribution in [1.82, 2.24) is 5.32 Å². The van der Waals surface area contributed by atoms with E-state index < -0.39 is 26.6 Å². The zero-order valence-electron chi connectivity index (χ0n) is 43.4. The minimum Gasteiger partial charge on any atom is -0.756 e. The number of likely N-dealkylation sites (N-methyl/N-ethyl adjacent to an activating group) is 1. The Morgan fingerprint density at radius 1 is 0.523 bits per heavy atom. The fourth-order valence-corrected chi connectivity index (χ4v) is 8.61. The van der Waals surface area contributed by atoms with Gasteiger partial charge in [-0.15, -0.1) is 0 Å². The van der Waals surface area contributed by atoms with Gasteiger partial charge in [-0.1, -0.05) is 223 Å². The third-order valence-electron chi connectivity index (χ3n) is 12.2. The van der Waals surface area contributed by atoms with Crippen LogP contribution < -0.4 is 10.2 Å². The Morgan fingerprint density at radius 2 is 0.862 bits per heavy atom. The van der Waals surface area contributed by atoms with E-state index in [-0.39, 0.29) is 12.5 Å². The monoisotopic (exact) mass is 935 g/mol. The lowest BCUT2D eigenvalue weighted by atomic mass is 10.0. The summed E-state index contributed by atoms with van der Waals surface area (Å²) in [5.41, 5.74) is 0. The first-order valence-electron chi connectivity index (χ1n) is 27.5. The number of nitrogens with one attached hydrogen (secondary N) is 1. The Balaban J connectivity index is 4.28. The maximum atomic E-state index is 12.9. The third kappa shape index (κ3) is 50.2. The summed E-state index contributed by atoms with van der Waals surface area (Å²) in [6.07, 6.45) is 61.9. The summed E-state index contributed by atoms with van der Waals surface area (Å²) >= 11 is 0. The van der Waals surface area contributed by atoms with Crippen molar-refractivity contribution in [2.45, 2.75) is 264 Å². The zero-order valence-corrected chi connectivity index (χ0v) is 44.3. The number of hydrogen-bond acceptors (Lipinski definition) is 6. The molecule has 9 heteroatoms. The third-order valence-corrected chi connectivity index (χ3v) is 13.2. The van der Waals surface area contributed by atoms with Crippen LogP contribution in [0.3, 0.4) is 0 Å². The molecule has 1 amide bonds. The fourth-order valence-electron chi connectivity index (χ4n) is 7.89. The van der Waals surface area contributed by atoms with Crippen molar-refractivity contribution in [2.75, 3.05) is 40.9 Å². The number of phosphoric ester groups is 1. The molecule has 8 nitrogen and oxygen atoms in total. The molecule has 2 N–H and O–H groups in total. The van der Waals surface area contributed by atoms with Gasteiger partial charge in [-0.3, -0.25) is 9.36 Å². The van der Waals surface area contributed by atoms with E-state index in [2.05, 4.69) is 55.6 Å². The first kappa shape index (κ1) is 63.5. The van der Waals surface area contributed by atoms with E-state index in [0.29, 0.717) is 17.4 Å². The van der Waals surface area contributed by atoms with Crippen LogP contribution in [0, 0.1) is 0 Å². The van der Waals surface area contributed by atoms with Gasteiger partial charge in [-0.2, -0.15) is 0 Å². The van der Waals surface area contributed by atoms with Gasteiger partial charge in [0.25, 0.3) is 7.82 Å². The number of hydrogen-bond donors (Lipinski definition) is 2. The van der Waals surface area contributed by atoms with Gasteiger partial charge in [0.1, 0.15) is 13.2 Å². The zero-order chi connectivity index (χ0) is 47.8. The van der Waals surface area contributed by atoms with E-state index >= 15 is 0 Å². The molecule has 0 heterocycles. The predicted octanol–water partition coefficient (Wildman–Crippen LogP) is 15.7. The largest absolute Gasteiger partial charge is 0.756 e. The summed E-state index contributed by atoms with van der Waals surface area (Å²) in [6, 6.07) is -0.914. The first-order valence-corrected chi connectivity index (χ1v) is 29.0.